The summed E-state index contributed by atoms with van der Waals surface area (Å²) >= 11 is 0. The number of hydrogen-bond acceptors (Lipinski definition) is 7. The number of amides is 1. The van der Waals surface area contributed by atoms with E-state index in [-0.39, 0.29) is 5.91 Å². The molecule has 1 amide bonds. The molecule has 0 saturated carbocycles. The van der Waals surface area contributed by atoms with Crippen molar-refractivity contribution in [3.05, 3.63) is 84.6 Å². The van der Waals surface area contributed by atoms with Crippen molar-refractivity contribution >= 4 is 28.6 Å². The number of carbonyl (C=O) groups excluding carboxylic acids is 1. The van der Waals surface area contributed by atoms with Crippen LogP contribution in [0.15, 0.2) is 79.0 Å². The zero-order valence-electron chi connectivity index (χ0n) is 22.4. The molecule has 6 rings (SSSR count). The number of carbonyl (C=O) groups is 1. The van der Waals surface area contributed by atoms with Crippen LogP contribution >= 0.6 is 0 Å². The molecule has 0 bridgehead atoms. The number of benzene rings is 2. The Morgan fingerprint density at radius 2 is 1.80 bits per heavy atom. The van der Waals surface area contributed by atoms with Gasteiger partial charge >= 0.3 is 0 Å². The summed E-state index contributed by atoms with van der Waals surface area (Å²) in [5.74, 6) is 0.960. The van der Waals surface area contributed by atoms with Gasteiger partial charge in [0.1, 0.15) is 11.3 Å². The van der Waals surface area contributed by atoms with Crippen LogP contribution in [-0.4, -0.2) is 49.5 Å². The van der Waals surface area contributed by atoms with E-state index in [0.717, 1.165) is 66.2 Å². The average molecular weight is 533 g/mol. The summed E-state index contributed by atoms with van der Waals surface area (Å²) in [6.07, 6.45) is 3.75. The number of pyridine rings is 2. The number of aromatic nitrogens is 4. The first kappa shape index (κ1) is 25.7. The van der Waals surface area contributed by atoms with Gasteiger partial charge in [-0.15, -0.1) is 0 Å². The molecule has 1 aliphatic heterocycles. The molecule has 0 atom stereocenters. The maximum atomic E-state index is 11.6. The highest BCUT2D eigenvalue weighted by molar-refractivity contribution is 5.90. The minimum absolute atomic E-state index is 0.121. The lowest BCUT2D eigenvalue weighted by atomic mass is 10.1. The Hall–Kier alpha value is -4.60. The number of nitrogens with one attached hydrogen (secondary N) is 1. The predicted molar refractivity (Wildman–Crippen MR) is 159 cm³/mol. The number of hydrogen-bond donors (Lipinski definition) is 3. The second-order valence-electron chi connectivity index (χ2n) is 10.3. The third kappa shape index (κ3) is 5.29. The maximum absolute atomic E-state index is 11.6. The van der Waals surface area contributed by atoms with Crippen molar-refractivity contribution in [2.75, 3.05) is 24.1 Å². The van der Waals surface area contributed by atoms with Crippen molar-refractivity contribution in [1.82, 2.24) is 24.4 Å². The summed E-state index contributed by atoms with van der Waals surface area (Å²) in [4.78, 5) is 28.3. The summed E-state index contributed by atoms with van der Waals surface area (Å²) in [6, 6.07) is 24.2. The van der Waals surface area contributed by atoms with Crippen LogP contribution in [0.25, 0.3) is 39.5 Å². The molecule has 5 aromatic rings. The minimum atomic E-state index is -0.121. The Balaban J connectivity index is 1.42. The molecule has 1 fully saturated rings. The van der Waals surface area contributed by atoms with Crippen LogP contribution in [-0.2, 0) is 11.3 Å². The zero-order valence-corrected chi connectivity index (χ0v) is 22.4. The van der Waals surface area contributed by atoms with Gasteiger partial charge in [0.05, 0.1) is 11.3 Å². The molecule has 1 saturated heterocycles. The Morgan fingerprint density at radius 3 is 2.55 bits per heavy atom. The summed E-state index contributed by atoms with van der Waals surface area (Å²) in [6.45, 7) is 4.44. The van der Waals surface area contributed by atoms with Crippen LogP contribution in [0.1, 0.15) is 25.3 Å². The molecule has 0 radical (unpaired) electrons. The largest absolute Gasteiger partial charge is 0.383 e. The highest BCUT2D eigenvalue weighted by Crippen LogP contribution is 2.32. The normalized spacial score (nSPS) is 14.4. The molecule has 0 aliphatic carbocycles. The lowest BCUT2D eigenvalue weighted by Crippen LogP contribution is -2.39. The average Bonchev–Trinajstić information content (AvgIpc) is 3.33. The standard InChI is InChI=1S/C31H32N8O/c1-20(40)35-24-5-2-4-22(18-24)27-11-12-28-31(36-27)39(30(37-28)26-6-3-15-34-29(26)33)25-9-7-21(8-10-25)19-38-16-13-23(32)14-17-38/h2-12,15,18,23H,13-14,16-17,19,32H2,1H3,(H2,33,34)(H,35,40). The van der Waals surface area contributed by atoms with Crippen molar-refractivity contribution < 1.29 is 4.79 Å². The van der Waals surface area contributed by atoms with E-state index in [1.165, 1.54) is 12.5 Å². The van der Waals surface area contributed by atoms with Gasteiger partial charge in [-0.25, -0.2) is 15.0 Å². The summed E-state index contributed by atoms with van der Waals surface area (Å²) in [5.41, 5.74) is 19.1. The molecular formula is C31H32N8O. The highest BCUT2D eigenvalue weighted by atomic mass is 16.1. The van der Waals surface area contributed by atoms with E-state index in [0.29, 0.717) is 23.3 Å². The van der Waals surface area contributed by atoms with Gasteiger partial charge in [0.25, 0.3) is 0 Å². The molecule has 5 N–H and O–H groups in total. The first-order chi connectivity index (χ1) is 19.4. The topological polar surface area (TPSA) is 128 Å². The summed E-state index contributed by atoms with van der Waals surface area (Å²) in [5, 5.41) is 2.84. The second-order valence-corrected chi connectivity index (χ2v) is 10.3. The van der Waals surface area contributed by atoms with Gasteiger partial charge in [0, 0.05) is 42.6 Å². The summed E-state index contributed by atoms with van der Waals surface area (Å²) in [7, 11) is 0. The summed E-state index contributed by atoms with van der Waals surface area (Å²) < 4.78 is 2.04. The number of nitrogen functional groups attached to an aromatic ring is 1. The van der Waals surface area contributed by atoms with Gasteiger partial charge in [-0.1, -0.05) is 24.3 Å². The van der Waals surface area contributed by atoms with Crippen LogP contribution in [0.4, 0.5) is 11.5 Å². The molecule has 1 aliphatic rings. The molecule has 40 heavy (non-hydrogen) atoms. The van der Waals surface area contributed by atoms with E-state index in [1.54, 1.807) is 6.20 Å². The number of nitrogens with two attached hydrogens (primary N) is 2. The molecule has 2 aromatic carbocycles. The van der Waals surface area contributed by atoms with Crippen LogP contribution in [0.3, 0.4) is 0 Å². The van der Waals surface area contributed by atoms with Crippen LogP contribution in [0.2, 0.25) is 0 Å². The second kappa shape index (κ2) is 10.9. The maximum Gasteiger partial charge on any atom is 0.221 e. The molecule has 3 aromatic heterocycles. The van der Waals surface area contributed by atoms with Crippen molar-refractivity contribution in [3.63, 3.8) is 0 Å². The number of imidazole rings is 1. The minimum Gasteiger partial charge on any atom is -0.383 e. The molecule has 9 nitrogen and oxygen atoms in total. The molecular weight excluding hydrogens is 500 g/mol. The van der Waals surface area contributed by atoms with Gasteiger partial charge in [-0.3, -0.25) is 14.3 Å². The van der Waals surface area contributed by atoms with E-state index in [9.17, 15) is 4.79 Å². The third-order valence-electron chi connectivity index (χ3n) is 7.30. The molecule has 202 valence electrons. The van der Waals surface area contributed by atoms with E-state index in [2.05, 4.69) is 39.5 Å². The lowest BCUT2D eigenvalue weighted by Gasteiger charge is -2.30. The van der Waals surface area contributed by atoms with Gasteiger partial charge < -0.3 is 16.8 Å². The zero-order chi connectivity index (χ0) is 27.6. The molecule has 0 unspecified atom stereocenters. The van der Waals surface area contributed by atoms with Gasteiger partial charge in [0.2, 0.25) is 5.91 Å². The number of rotatable bonds is 6. The monoisotopic (exact) mass is 532 g/mol. The SMILES string of the molecule is CC(=O)Nc1cccc(-c2ccc3nc(-c4cccnc4N)n(-c4ccc(CN5CCC(N)CC5)cc4)c3n2)c1. The molecule has 9 heteroatoms. The van der Waals surface area contributed by atoms with E-state index >= 15 is 0 Å². The van der Waals surface area contributed by atoms with E-state index in [4.69, 9.17) is 21.4 Å². The van der Waals surface area contributed by atoms with E-state index in [1.807, 2.05) is 53.1 Å². The smallest absolute Gasteiger partial charge is 0.221 e. The Bertz CT molecular complexity index is 1670. The fourth-order valence-electron chi connectivity index (χ4n) is 5.23. The Labute approximate surface area is 232 Å². The number of nitrogens with zero attached hydrogens (tertiary/aromatic N) is 5. The van der Waals surface area contributed by atoms with Crippen LogP contribution in [0, 0.1) is 0 Å². The molecule has 0 spiro atoms. The number of anilines is 2. The Morgan fingerprint density at radius 1 is 1.00 bits per heavy atom. The van der Waals surface area contributed by atoms with Crippen molar-refractivity contribution in [3.8, 4) is 28.3 Å². The Kier molecular flexibility index (Phi) is 6.98. The number of piperidine rings is 1. The van der Waals surface area contributed by atoms with Gasteiger partial charge in [-0.2, -0.15) is 0 Å². The fourth-order valence-corrected chi connectivity index (χ4v) is 5.23. The fraction of sp³-hybridized carbons (Fsp3) is 0.226. The van der Waals surface area contributed by atoms with Crippen LogP contribution in [0.5, 0.6) is 0 Å². The van der Waals surface area contributed by atoms with Crippen LogP contribution < -0.4 is 16.8 Å². The third-order valence-corrected chi connectivity index (χ3v) is 7.30. The van der Waals surface area contributed by atoms with Gasteiger partial charge in [-0.05, 0) is 80.0 Å². The first-order valence-corrected chi connectivity index (χ1v) is 13.5. The number of likely N-dealkylation sites (tertiary alicyclic amines) is 1. The van der Waals surface area contributed by atoms with Gasteiger partial charge in [0.15, 0.2) is 11.5 Å². The van der Waals surface area contributed by atoms with Crippen molar-refractivity contribution in [2.24, 2.45) is 5.73 Å². The molecule has 4 heterocycles. The van der Waals surface area contributed by atoms with Crippen molar-refractivity contribution in [2.45, 2.75) is 32.4 Å². The van der Waals surface area contributed by atoms with Crippen molar-refractivity contribution in [1.29, 1.82) is 0 Å². The predicted octanol–water partition coefficient (Wildman–Crippen LogP) is 4.61. The lowest BCUT2D eigenvalue weighted by molar-refractivity contribution is -0.114. The number of fused-ring (bicyclic) bond motifs is 1. The quantitative estimate of drug-likeness (QED) is 0.291. The van der Waals surface area contributed by atoms with E-state index < -0.39 is 0 Å². The first-order valence-electron chi connectivity index (χ1n) is 13.5. The highest BCUT2D eigenvalue weighted by Gasteiger charge is 2.20.